The van der Waals surface area contributed by atoms with Gasteiger partial charge in [-0.3, -0.25) is 4.79 Å². The van der Waals surface area contributed by atoms with E-state index in [-0.39, 0.29) is 12.3 Å². The number of aryl methyl sites for hydroxylation is 2. The van der Waals surface area contributed by atoms with Crippen molar-refractivity contribution in [1.29, 1.82) is 0 Å². The molecule has 5 heteroatoms. The lowest BCUT2D eigenvalue weighted by Crippen LogP contribution is -2.43. The first-order valence-electron chi connectivity index (χ1n) is 8.86. The first-order chi connectivity index (χ1) is 13.0. The van der Waals surface area contributed by atoms with E-state index in [9.17, 15) is 9.59 Å². The molecule has 2 aromatic carbocycles. The molecule has 0 aliphatic heterocycles. The number of rotatable bonds is 6. The van der Waals surface area contributed by atoms with Gasteiger partial charge in [0.05, 0.1) is 19.8 Å². The molecular weight excluding hydrogens is 342 g/mol. The zero-order valence-corrected chi connectivity index (χ0v) is 15.7. The van der Waals surface area contributed by atoms with Crippen molar-refractivity contribution in [3.05, 3.63) is 71.0 Å². The number of nitrogens with one attached hydrogen (secondary N) is 1. The van der Waals surface area contributed by atoms with Crippen molar-refractivity contribution in [3.63, 3.8) is 0 Å². The van der Waals surface area contributed by atoms with Crippen LogP contribution in [0.5, 0.6) is 0 Å². The maximum Gasteiger partial charge on any atom is 0.328 e. The first-order valence-corrected chi connectivity index (χ1v) is 8.86. The van der Waals surface area contributed by atoms with E-state index in [0.29, 0.717) is 6.42 Å². The summed E-state index contributed by atoms with van der Waals surface area (Å²) in [5, 5.41) is 3.71. The van der Waals surface area contributed by atoms with Gasteiger partial charge in [0.2, 0.25) is 5.91 Å². The van der Waals surface area contributed by atoms with Crippen LogP contribution < -0.4 is 5.32 Å². The molecule has 0 bridgehead atoms. The number of methoxy groups -OCH3 is 1. The quantitative estimate of drug-likeness (QED) is 0.679. The third kappa shape index (κ3) is 4.37. The van der Waals surface area contributed by atoms with Crippen molar-refractivity contribution in [1.82, 2.24) is 5.32 Å². The Morgan fingerprint density at radius 2 is 1.81 bits per heavy atom. The Morgan fingerprint density at radius 1 is 1.11 bits per heavy atom. The summed E-state index contributed by atoms with van der Waals surface area (Å²) in [7, 11) is 1.32. The molecule has 1 aromatic heterocycles. The number of fused-ring (bicyclic) bond motifs is 1. The minimum atomic E-state index is -0.730. The summed E-state index contributed by atoms with van der Waals surface area (Å²) in [6, 6.07) is 12.8. The molecule has 1 amide bonds. The lowest BCUT2D eigenvalue weighted by atomic mass is 10.0. The minimum absolute atomic E-state index is 0.137. The normalized spacial score (nSPS) is 12.0. The zero-order chi connectivity index (χ0) is 19.4. The van der Waals surface area contributed by atoms with Crippen molar-refractivity contribution in [3.8, 4) is 0 Å². The molecule has 140 valence electrons. The van der Waals surface area contributed by atoms with Crippen molar-refractivity contribution < 1.29 is 18.7 Å². The number of hydrogen-bond acceptors (Lipinski definition) is 4. The molecule has 0 unspecified atom stereocenters. The smallest absolute Gasteiger partial charge is 0.328 e. The maximum atomic E-state index is 12.6. The first kappa shape index (κ1) is 18.7. The highest BCUT2D eigenvalue weighted by Gasteiger charge is 2.22. The van der Waals surface area contributed by atoms with E-state index >= 15 is 0 Å². The summed E-state index contributed by atoms with van der Waals surface area (Å²) in [4.78, 5) is 24.7. The van der Waals surface area contributed by atoms with Crippen LogP contribution in [0.4, 0.5) is 0 Å². The zero-order valence-electron chi connectivity index (χ0n) is 15.7. The minimum Gasteiger partial charge on any atom is -0.467 e. The standard InChI is InChI=1S/C22H23NO4/c1-14-9-18-17(13-27-20(18)10-15(14)2)12-21(24)23-19(22(25)26-3)11-16-7-5-4-6-8-16/h4-10,13,19H,11-12H2,1-3H3,(H,23,24)/t19-/m0/s1. The number of hydrogen-bond donors (Lipinski definition) is 1. The number of ether oxygens (including phenoxy) is 1. The van der Waals surface area contributed by atoms with Crippen LogP contribution in [-0.2, 0) is 27.2 Å². The highest BCUT2D eigenvalue weighted by molar-refractivity contribution is 5.90. The van der Waals surface area contributed by atoms with Gasteiger partial charge in [0.25, 0.3) is 0 Å². The predicted molar refractivity (Wildman–Crippen MR) is 103 cm³/mol. The molecule has 3 rings (SSSR count). The second-order valence-corrected chi connectivity index (χ2v) is 6.70. The van der Waals surface area contributed by atoms with Gasteiger partial charge in [0, 0.05) is 17.4 Å². The van der Waals surface area contributed by atoms with Gasteiger partial charge in [-0.2, -0.15) is 0 Å². The molecule has 5 nitrogen and oxygen atoms in total. The molecule has 1 atom stereocenters. The summed E-state index contributed by atoms with van der Waals surface area (Å²) in [5.74, 6) is -0.710. The van der Waals surface area contributed by atoms with E-state index in [4.69, 9.17) is 9.15 Å². The average Bonchev–Trinajstić information content (AvgIpc) is 3.03. The fraction of sp³-hybridized carbons (Fsp3) is 0.273. The maximum absolute atomic E-state index is 12.6. The van der Waals surface area contributed by atoms with Gasteiger partial charge < -0.3 is 14.5 Å². The Balaban J connectivity index is 1.74. The fourth-order valence-electron chi connectivity index (χ4n) is 3.08. The molecule has 0 spiro atoms. The van der Waals surface area contributed by atoms with Crippen molar-refractivity contribution >= 4 is 22.8 Å². The molecule has 0 saturated carbocycles. The number of carbonyl (C=O) groups excluding carboxylic acids is 2. The molecule has 1 heterocycles. The number of furan rings is 1. The van der Waals surface area contributed by atoms with Crippen LogP contribution in [0.1, 0.15) is 22.3 Å². The third-order valence-electron chi connectivity index (χ3n) is 4.72. The molecule has 0 aliphatic rings. The SMILES string of the molecule is COC(=O)[C@H](Cc1ccccc1)NC(=O)Cc1coc2cc(C)c(C)cc12. The van der Waals surface area contributed by atoms with Crippen LogP contribution in [0.3, 0.4) is 0 Å². The third-order valence-corrected chi connectivity index (χ3v) is 4.72. The van der Waals surface area contributed by atoms with Gasteiger partial charge in [0.15, 0.2) is 0 Å². The monoisotopic (exact) mass is 365 g/mol. The number of carbonyl (C=O) groups is 2. The summed E-state index contributed by atoms with van der Waals surface area (Å²) in [6.07, 6.45) is 2.12. The van der Waals surface area contributed by atoms with E-state index in [0.717, 1.165) is 33.2 Å². The highest BCUT2D eigenvalue weighted by Crippen LogP contribution is 2.25. The van der Waals surface area contributed by atoms with Crippen LogP contribution in [0.15, 0.2) is 53.1 Å². The van der Waals surface area contributed by atoms with Crippen LogP contribution in [-0.4, -0.2) is 25.0 Å². The van der Waals surface area contributed by atoms with Crippen LogP contribution >= 0.6 is 0 Å². The fourth-order valence-corrected chi connectivity index (χ4v) is 3.08. The predicted octanol–water partition coefficient (Wildman–Crippen LogP) is 3.49. The van der Waals surface area contributed by atoms with Gasteiger partial charge in [0.1, 0.15) is 11.6 Å². The lowest BCUT2D eigenvalue weighted by molar-refractivity contribution is -0.145. The van der Waals surface area contributed by atoms with Gasteiger partial charge >= 0.3 is 5.97 Å². The molecule has 0 saturated heterocycles. The van der Waals surface area contributed by atoms with Gasteiger partial charge in [-0.05, 0) is 42.7 Å². The number of amides is 1. The molecular formula is C22H23NO4. The summed E-state index contributed by atoms with van der Waals surface area (Å²) in [6.45, 7) is 4.05. The topological polar surface area (TPSA) is 68.5 Å². The number of benzene rings is 2. The van der Waals surface area contributed by atoms with Crippen molar-refractivity contribution in [2.75, 3.05) is 7.11 Å². The second-order valence-electron chi connectivity index (χ2n) is 6.70. The number of esters is 1. The largest absolute Gasteiger partial charge is 0.467 e. The average molecular weight is 365 g/mol. The Hall–Kier alpha value is -3.08. The van der Waals surface area contributed by atoms with E-state index < -0.39 is 12.0 Å². The highest BCUT2D eigenvalue weighted by atomic mass is 16.5. The van der Waals surface area contributed by atoms with Gasteiger partial charge in [-0.15, -0.1) is 0 Å². The summed E-state index contributed by atoms with van der Waals surface area (Å²) < 4.78 is 10.4. The molecule has 27 heavy (non-hydrogen) atoms. The van der Waals surface area contributed by atoms with Gasteiger partial charge in [-0.1, -0.05) is 30.3 Å². The Labute approximate surface area is 158 Å². The summed E-state index contributed by atoms with van der Waals surface area (Å²) in [5.41, 5.74) is 4.79. The molecule has 1 N–H and O–H groups in total. The van der Waals surface area contributed by atoms with Crippen LogP contribution in [0.25, 0.3) is 11.0 Å². The molecule has 3 aromatic rings. The van der Waals surface area contributed by atoms with Crippen molar-refractivity contribution in [2.24, 2.45) is 0 Å². The Bertz CT molecular complexity index is 959. The van der Waals surface area contributed by atoms with E-state index in [1.807, 2.05) is 56.3 Å². The Kier molecular flexibility index (Phi) is 5.60. The molecule has 0 aliphatic carbocycles. The second kappa shape index (κ2) is 8.08. The van der Waals surface area contributed by atoms with Crippen LogP contribution in [0, 0.1) is 13.8 Å². The van der Waals surface area contributed by atoms with E-state index in [1.165, 1.54) is 7.11 Å². The van der Waals surface area contributed by atoms with E-state index in [2.05, 4.69) is 5.32 Å². The van der Waals surface area contributed by atoms with Crippen molar-refractivity contribution in [2.45, 2.75) is 32.7 Å². The Morgan fingerprint density at radius 3 is 2.52 bits per heavy atom. The molecule has 0 fully saturated rings. The van der Waals surface area contributed by atoms with Gasteiger partial charge in [-0.25, -0.2) is 4.79 Å². The molecule has 0 radical (unpaired) electrons. The summed E-state index contributed by atoms with van der Waals surface area (Å²) >= 11 is 0. The van der Waals surface area contributed by atoms with Crippen LogP contribution in [0.2, 0.25) is 0 Å². The van der Waals surface area contributed by atoms with E-state index in [1.54, 1.807) is 6.26 Å². The lowest BCUT2D eigenvalue weighted by Gasteiger charge is -2.16.